The lowest BCUT2D eigenvalue weighted by Crippen LogP contribution is -2.41. The molecule has 0 aliphatic carbocycles. The van der Waals surface area contributed by atoms with Gasteiger partial charge in [0.25, 0.3) is 0 Å². The summed E-state index contributed by atoms with van der Waals surface area (Å²) in [6, 6.07) is 5.09. The van der Waals surface area contributed by atoms with Crippen molar-refractivity contribution in [1.82, 2.24) is 5.32 Å². The van der Waals surface area contributed by atoms with Gasteiger partial charge in [0.1, 0.15) is 5.82 Å². The standard InChI is InChI=1S/C16H23ClFNO/c1-3-8-19-16(12-7-9-20-11(12)2)10-13-14(17)5-4-6-15(13)18/h4-6,11-12,16,19H,3,7-10H2,1-2H3. The largest absolute Gasteiger partial charge is 0.378 e. The molecule has 1 N–H and O–H groups in total. The molecule has 1 saturated heterocycles. The number of rotatable bonds is 6. The third-order valence-electron chi connectivity index (χ3n) is 4.09. The van der Waals surface area contributed by atoms with Crippen LogP contribution < -0.4 is 5.32 Å². The van der Waals surface area contributed by atoms with Crippen LogP contribution in [0.3, 0.4) is 0 Å². The van der Waals surface area contributed by atoms with Gasteiger partial charge in [-0.3, -0.25) is 0 Å². The van der Waals surface area contributed by atoms with Crippen molar-refractivity contribution in [3.05, 3.63) is 34.6 Å². The first-order valence-electron chi connectivity index (χ1n) is 7.41. The highest BCUT2D eigenvalue weighted by molar-refractivity contribution is 6.31. The van der Waals surface area contributed by atoms with Gasteiger partial charge in [0, 0.05) is 29.2 Å². The van der Waals surface area contributed by atoms with Crippen LogP contribution in [0.2, 0.25) is 5.02 Å². The highest BCUT2D eigenvalue weighted by Crippen LogP contribution is 2.28. The molecule has 1 aliphatic rings. The average Bonchev–Trinajstić information content (AvgIpc) is 2.84. The number of hydrogen-bond donors (Lipinski definition) is 1. The SMILES string of the molecule is CCCNC(Cc1c(F)cccc1Cl)C1CCOC1C. The molecule has 3 atom stereocenters. The van der Waals surface area contributed by atoms with Gasteiger partial charge in [-0.2, -0.15) is 0 Å². The van der Waals surface area contributed by atoms with Crippen molar-refractivity contribution in [2.24, 2.45) is 5.92 Å². The Morgan fingerprint density at radius 2 is 2.30 bits per heavy atom. The fourth-order valence-corrected chi connectivity index (χ4v) is 3.17. The molecular weight excluding hydrogens is 277 g/mol. The van der Waals surface area contributed by atoms with Crippen LogP contribution in [0, 0.1) is 11.7 Å². The van der Waals surface area contributed by atoms with Crippen LogP contribution in [-0.2, 0) is 11.2 Å². The van der Waals surface area contributed by atoms with Crippen molar-refractivity contribution in [2.75, 3.05) is 13.2 Å². The summed E-state index contributed by atoms with van der Waals surface area (Å²) in [5.41, 5.74) is 0.613. The highest BCUT2D eigenvalue weighted by Gasteiger charge is 2.32. The Bertz CT molecular complexity index is 420. The molecule has 0 radical (unpaired) electrons. The number of halogens is 2. The zero-order chi connectivity index (χ0) is 14.5. The maximum atomic E-state index is 14.0. The predicted molar refractivity (Wildman–Crippen MR) is 80.7 cm³/mol. The van der Waals surface area contributed by atoms with E-state index >= 15 is 0 Å². The Kier molecular flexibility index (Phi) is 5.82. The van der Waals surface area contributed by atoms with Gasteiger partial charge in [0.2, 0.25) is 0 Å². The summed E-state index contributed by atoms with van der Waals surface area (Å²) in [4.78, 5) is 0. The summed E-state index contributed by atoms with van der Waals surface area (Å²) < 4.78 is 19.6. The highest BCUT2D eigenvalue weighted by atomic mass is 35.5. The van der Waals surface area contributed by atoms with Crippen molar-refractivity contribution in [2.45, 2.75) is 45.3 Å². The molecule has 1 aliphatic heterocycles. The van der Waals surface area contributed by atoms with Crippen LogP contribution in [0.15, 0.2) is 18.2 Å². The van der Waals surface area contributed by atoms with Crippen LogP contribution in [0.1, 0.15) is 32.3 Å². The zero-order valence-electron chi connectivity index (χ0n) is 12.2. The van der Waals surface area contributed by atoms with E-state index in [-0.39, 0.29) is 18.0 Å². The van der Waals surface area contributed by atoms with E-state index in [4.69, 9.17) is 16.3 Å². The van der Waals surface area contributed by atoms with E-state index < -0.39 is 0 Å². The summed E-state index contributed by atoms with van der Waals surface area (Å²) in [5, 5.41) is 4.05. The monoisotopic (exact) mass is 299 g/mol. The third kappa shape index (κ3) is 3.72. The molecule has 1 aromatic rings. The topological polar surface area (TPSA) is 21.3 Å². The molecule has 4 heteroatoms. The molecule has 0 bridgehead atoms. The summed E-state index contributed by atoms with van der Waals surface area (Å²) >= 11 is 6.15. The number of benzene rings is 1. The van der Waals surface area contributed by atoms with Crippen LogP contribution in [0.4, 0.5) is 4.39 Å². The number of nitrogens with one attached hydrogen (secondary N) is 1. The molecule has 0 amide bonds. The maximum absolute atomic E-state index is 14.0. The smallest absolute Gasteiger partial charge is 0.127 e. The molecule has 1 aromatic carbocycles. The summed E-state index contributed by atoms with van der Waals surface area (Å²) in [6.45, 7) is 5.96. The lowest BCUT2D eigenvalue weighted by atomic mass is 9.88. The number of ether oxygens (including phenoxy) is 1. The maximum Gasteiger partial charge on any atom is 0.127 e. The molecule has 2 nitrogen and oxygen atoms in total. The fraction of sp³-hybridized carbons (Fsp3) is 0.625. The lowest BCUT2D eigenvalue weighted by molar-refractivity contribution is 0.0953. The van der Waals surface area contributed by atoms with Crippen LogP contribution in [0.25, 0.3) is 0 Å². The Morgan fingerprint density at radius 3 is 2.90 bits per heavy atom. The van der Waals surface area contributed by atoms with Crippen molar-refractivity contribution >= 4 is 11.6 Å². The van der Waals surface area contributed by atoms with Gasteiger partial charge in [0.15, 0.2) is 0 Å². The van der Waals surface area contributed by atoms with E-state index in [1.165, 1.54) is 6.07 Å². The second-order valence-electron chi connectivity index (χ2n) is 5.49. The van der Waals surface area contributed by atoms with Crippen molar-refractivity contribution in [3.8, 4) is 0 Å². The zero-order valence-corrected chi connectivity index (χ0v) is 12.9. The number of hydrogen-bond acceptors (Lipinski definition) is 2. The molecule has 1 heterocycles. The van der Waals surface area contributed by atoms with Gasteiger partial charge in [-0.15, -0.1) is 0 Å². The van der Waals surface area contributed by atoms with E-state index in [1.807, 2.05) is 0 Å². The van der Waals surface area contributed by atoms with Gasteiger partial charge in [-0.05, 0) is 44.9 Å². The van der Waals surface area contributed by atoms with E-state index in [0.717, 1.165) is 26.0 Å². The Labute approximate surface area is 125 Å². The Balaban J connectivity index is 2.14. The van der Waals surface area contributed by atoms with Crippen LogP contribution >= 0.6 is 11.6 Å². The van der Waals surface area contributed by atoms with Gasteiger partial charge < -0.3 is 10.1 Å². The van der Waals surface area contributed by atoms with E-state index in [2.05, 4.69) is 19.2 Å². The van der Waals surface area contributed by atoms with Gasteiger partial charge >= 0.3 is 0 Å². The molecule has 112 valence electrons. The molecule has 2 rings (SSSR count). The predicted octanol–water partition coefficient (Wildman–Crippen LogP) is 3.81. The summed E-state index contributed by atoms with van der Waals surface area (Å²) in [5.74, 6) is 0.199. The minimum atomic E-state index is -0.215. The summed E-state index contributed by atoms with van der Waals surface area (Å²) in [6.07, 6.45) is 2.91. The third-order valence-corrected chi connectivity index (χ3v) is 4.45. The van der Waals surface area contributed by atoms with Crippen LogP contribution in [-0.4, -0.2) is 25.3 Å². The second-order valence-corrected chi connectivity index (χ2v) is 5.90. The minimum absolute atomic E-state index is 0.210. The first-order valence-corrected chi connectivity index (χ1v) is 7.79. The lowest BCUT2D eigenvalue weighted by Gasteiger charge is -2.27. The van der Waals surface area contributed by atoms with Crippen molar-refractivity contribution in [1.29, 1.82) is 0 Å². The van der Waals surface area contributed by atoms with E-state index in [9.17, 15) is 4.39 Å². The first kappa shape index (κ1) is 15.7. The molecule has 1 fully saturated rings. The summed E-state index contributed by atoms with van der Waals surface area (Å²) in [7, 11) is 0. The molecule has 20 heavy (non-hydrogen) atoms. The van der Waals surface area contributed by atoms with E-state index in [1.54, 1.807) is 12.1 Å². The van der Waals surface area contributed by atoms with Gasteiger partial charge in [-0.25, -0.2) is 4.39 Å². The normalized spacial score (nSPS) is 24.0. The molecule has 0 spiro atoms. The van der Waals surface area contributed by atoms with Crippen molar-refractivity contribution in [3.63, 3.8) is 0 Å². The minimum Gasteiger partial charge on any atom is -0.378 e. The fourth-order valence-electron chi connectivity index (χ4n) is 2.93. The Morgan fingerprint density at radius 1 is 1.50 bits per heavy atom. The second kappa shape index (κ2) is 7.39. The molecule has 0 aromatic heterocycles. The Hall–Kier alpha value is -0.640. The quantitative estimate of drug-likeness (QED) is 0.862. The molecule has 0 saturated carbocycles. The van der Waals surface area contributed by atoms with E-state index in [0.29, 0.717) is 22.9 Å². The molecular formula is C16H23ClFNO. The van der Waals surface area contributed by atoms with Crippen LogP contribution in [0.5, 0.6) is 0 Å². The average molecular weight is 300 g/mol. The molecule has 3 unspecified atom stereocenters. The van der Waals surface area contributed by atoms with Gasteiger partial charge in [-0.1, -0.05) is 24.6 Å². The van der Waals surface area contributed by atoms with Crippen molar-refractivity contribution < 1.29 is 9.13 Å². The first-order chi connectivity index (χ1) is 9.63. The van der Waals surface area contributed by atoms with Gasteiger partial charge in [0.05, 0.1) is 6.10 Å².